The average molecular weight is 288 g/mol. The second-order valence-corrected chi connectivity index (χ2v) is 5.82. The van der Waals surface area contributed by atoms with Crippen molar-refractivity contribution in [3.63, 3.8) is 0 Å². The van der Waals surface area contributed by atoms with E-state index in [9.17, 15) is 4.79 Å². The Kier molecular flexibility index (Phi) is 4.02. The summed E-state index contributed by atoms with van der Waals surface area (Å²) in [6.07, 6.45) is 2.26. The summed E-state index contributed by atoms with van der Waals surface area (Å²) in [6.45, 7) is 6.32. The fourth-order valence-electron chi connectivity index (χ4n) is 2.28. The third-order valence-corrected chi connectivity index (χ3v) is 3.39. The number of methoxy groups -OCH3 is 2. The summed E-state index contributed by atoms with van der Waals surface area (Å²) in [7, 11) is 3.24. The largest absolute Gasteiger partial charge is 0.496 e. The van der Waals surface area contributed by atoms with Crippen molar-refractivity contribution in [3.05, 3.63) is 29.5 Å². The van der Waals surface area contributed by atoms with Gasteiger partial charge in [0.05, 0.1) is 31.7 Å². The molecule has 1 N–H and O–H groups in total. The fraction of sp³-hybridized carbons (Fsp3) is 0.375. The summed E-state index contributed by atoms with van der Waals surface area (Å²) in [6, 6.07) is 3.82. The lowest BCUT2D eigenvalue weighted by Crippen LogP contribution is -2.13. The molecule has 1 heterocycles. The molecule has 0 amide bonds. The molecule has 0 unspecified atom stereocenters. The third kappa shape index (κ3) is 2.77. The lowest BCUT2D eigenvalue weighted by Gasteiger charge is -2.24. The highest BCUT2D eigenvalue weighted by Gasteiger charge is 2.23. The van der Waals surface area contributed by atoms with E-state index in [1.54, 1.807) is 14.2 Å². The van der Waals surface area contributed by atoms with Crippen molar-refractivity contribution in [2.75, 3.05) is 14.2 Å². The van der Waals surface area contributed by atoms with Crippen LogP contribution in [0, 0.1) is 0 Å². The first kappa shape index (κ1) is 15.1. The van der Waals surface area contributed by atoms with Crippen LogP contribution in [0.25, 0.3) is 11.3 Å². The van der Waals surface area contributed by atoms with Crippen molar-refractivity contribution in [3.8, 4) is 22.8 Å². The standard InChI is InChI=1S/C16H20N2O3/c1-16(2,3)12-7-13(20-4)11(6-14(12)21-5)15-10(9-19)8-17-18-15/h6-9H,1-5H3,(H,17,18). The number of hydrogen-bond donors (Lipinski definition) is 1. The quantitative estimate of drug-likeness (QED) is 0.877. The maximum absolute atomic E-state index is 11.1. The minimum Gasteiger partial charge on any atom is -0.496 e. The molecule has 0 radical (unpaired) electrons. The summed E-state index contributed by atoms with van der Waals surface area (Å²) in [4.78, 5) is 11.1. The summed E-state index contributed by atoms with van der Waals surface area (Å²) in [5.41, 5.74) is 2.82. The van der Waals surface area contributed by atoms with Gasteiger partial charge < -0.3 is 9.47 Å². The molecule has 0 saturated carbocycles. The van der Waals surface area contributed by atoms with Crippen LogP contribution in [0.3, 0.4) is 0 Å². The Morgan fingerprint density at radius 2 is 1.81 bits per heavy atom. The Morgan fingerprint density at radius 1 is 1.14 bits per heavy atom. The normalized spacial score (nSPS) is 11.3. The van der Waals surface area contributed by atoms with E-state index in [0.717, 1.165) is 23.2 Å². The van der Waals surface area contributed by atoms with Crippen molar-refractivity contribution < 1.29 is 14.3 Å². The molecule has 0 saturated heterocycles. The molecular weight excluding hydrogens is 268 g/mol. The molecule has 0 aliphatic heterocycles. The summed E-state index contributed by atoms with van der Waals surface area (Å²) in [5, 5.41) is 6.76. The SMILES string of the molecule is COc1cc(C(C)(C)C)c(OC)cc1-c1[nH]ncc1C=O. The van der Waals surface area contributed by atoms with Gasteiger partial charge in [0, 0.05) is 11.1 Å². The zero-order chi connectivity index (χ0) is 15.6. The number of carbonyl (C=O) groups excluding carboxylic acids is 1. The van der Waals surface area contributed by atoms with Gasteiger partial charge >= 0.3 is 0 Å². The number of hydrogen-bond acceptors (Lipinski definition) is 4. The molecule has 0 bridgehead atoms. The van der Waals surface area contributed by atoms with Gasteiger partial charge in [-0.3, -0.25) is 9.89 Å². The van der Waals surface area contributed by atoms with Crippen LogP contribution in [-0.2, 0) is 5.41 Å². The maximum atomic E-state index is 11.1. The third-order valence-electron chi connectivity index (χ3n) is 3.39. The summed E-state index contributed by atoms with van der Waals surface area (Å²) >= 11 is 0. The molecule has 1 aromatic carbocycles. The number of nitrogens with one attached hydrogen (secondary N) is 1. The van der Waals surface area contributed by atoms with Crippen LogP contribution in [-0.4, -0.2) is 30.7 Å². The number of aldehydes is 1. The van der Waals surface area contributed by atoms with Gasteiger partial charge in [0.2, 0.25) is 0 Å². The van der Waals surface area contributed by atoms with E-state index in [2.05, 4.69) is 31.0 Å². The highest BCUT2D eigenvalue weighted by Crippen LogP contribution is 2.40. The van der Waals surface area contributed by atoms with Crippen LogP contribution in [0.1, 0.15) is 36.7 Å². The predicted octanol–water partition coefficient (Wildman–Crippen LogP) is 3.20. The molecule has 0 atom stereocenters. The number of carbonyl (C=O) groups is 1. The molecule has 0 fully saturated rings. The van der Waals surface area contributed by atoms with E-state index in [4.69, 9.17) is 9.47 Å². The average Bonchev–Trinajstić information content (AvgIpc) is 2.93. The highest BCUT2D eigenvalue weighted by molar-refractivity contribution is 5.87. The topological polar surface area (TPSA) is 64.2 Å². The van der Waals surface area contributed by atoms with Gasteiger partial charge in [-0.15, -0.1) is 0 Å². The van der Waals surface area contributed by atoms with Gasteiger partial charge in [0.15, 0.2) is 6.29 Å². The molecule has 2 aromatic rings. The van der Waals surface area contributed by atoms with Gasteiger partial charge in [-0.05, 0) is 17.5 Å². The monoisotopic (exact) mass is 288 g/mol. The van der Waals surface area contributed by atoms with E-state index < -0.39 is 0 Å². The van der Waals surface area contributed by atoms with Crippen LogP contribution in [0.2, 0.25) is 0 Å². The molecule has 112 valence electrons. The van der Waals surface area contributed by atoms with Crippen molar-refractivity contribution in [2.24, 2.45) is 0 Å². The Hall–Kier alpha value is -2.30. The van der Waals surface area contributed by atoms with Crippen LogP contribution >= 0.6 is 0 Å². The van der Waals surface area contributed by atoms with Crippen molar-refractivity contribution in [1.29, 1.82) is 0 Å². The molecule has 0 spiro atoms. The van der Waals surface area contributed by atoms with Crippen molar-refractivity contribution in [2.45, 2.75) is 26.2 Å². The fourth-order valence-corrected chi connectivity index (χ4v) is 2.28. The van der Waals surface area contributed by atoms with Crippen LogP contribution in [0.4, 0.5) is 0 Å². The van der Waals surface area contributed by atoms with E-state index >= 15 is 0 Å². The zero-order valence-electron chi connectivity index (χ0n) is 13.0. The second kappa shape index (κ2) is 5.60. The van der Waals surface area contributed by atoms with Gasteiger partial charge in [0.25, 0.3) is 0 Å². The minimum atomic E-state index is -0.0847. The molecular formula is C16H20N2O3. The van der Waals surface area contributed by atoms with E-state index in [1.807, 2.05) is 12.1 Å². The first-order chi connectivity index (χ1) is 9.92. The number of aromatic nitrogens is 2. The van der Waals surface area contributed by atoms with E-state index in [-0.39, 0.29) is 5.41 Å². The molecule has 5 nitrogen and oxygen atoms in total. The number of rotatable bonds is 4. The van der Waals surface area contributed by atoms with E-state index in [0.29, 0.717) is 17.0 Å². The minimum absolute atomic E-state index is 0.0847. The van der Waals surface area contributed by atoms with Crippen LogP contribution < -0.4 is 9.47 Å². The Bertz CT molecular complexity index is 654. The van der Waals surface area contributed by atoms with Crippen LogP contribution in [0.15, 0.2) is 18.3 Å². The van der Waals surface area contributed by atoms with Crippen LogP contribution in [0.5, 0.6) is 11.5 Å². The van der Waals surface area contributed by atoms with Crippen molar-refractivity contribution in [1.82, 2.24) is 10.2 Å². The molecule has 21 heavy (non-hydrogen) atoms. The molecule has 2 rings (SSSR count). The van der Waals surface area contributed by atoms with Crippen molar-refractivity contribution >= 4 is 6.29 Å². The first-order valence-corrected chi connectivity index (χ1v) is 6.67. The predicted molar refractivity (Wildman–Crippen MR) is 81.2 cm³/mol. The zero-order valence-corrected chi connectivity index (χ0v) is 13.0. The molecule has 1 aromatic heterocycles. The summed E-state index contributed by atoms with van der Waals surface area (Å²) in [5.74, 6) is 1.43. The Labute approximate surface area is 124 Å². The summed E-state index contributed by atoms with van der Waals surface area (Å²) < 4.78 is 11.0. The number of nitrogens with zero attached hydrogens (tertiary/aromatic N) is 1. The van der Waals surface area contributed by atoms with Gasteiger partial charge in [0.1, 0.15) is 11.5 Å². The van der Waals surface area contributed by atoms with Gasteiger partial charge in [-0.2, -0.15) is 5.10 Å². The Balaban J connectivity index is 2.70. The smallest absolute Gasteiger partial charge is 0.153 e. The number of ether oxygens (including phenoxy) is 2. The second-order valence-electron chi connectivity index (χ2n) is 5.82. The number of benzene rings is 1. The first-order valence-electron chi connectivity index (χ1n) is 6.67. The number of H-pyrrole nitrogens is 1. The molecule has 0 aliphatic carbocycles. The lowest BCUT2D eigenvalue weighted by atomic mass is 9.85. The van der Waals surface area contributed by atoms with Gasteiger partial charge in [-0.1, -0.05) is 20.8 Å². The molecule has 5 heteroatoms. The lowest BCUT2D eigenvalue weighted by molar-refractivity contribution is 0.112. The highest BCUT2D eigenvalue weighted by atomic mass is 16.5. The van der Waals surface area contributed by atoms with Gasteiger partial charge in [-0.25, -0.2) is 0 Å². The molecule has 0 aliphatic rings. The number of aromatic amines is 1. The maximum Gasteiger partial charge on any atom is 0.153 e. The Morgan fingerprint density at radius 3 is 2.33 bits per heavy atom. The van der Waals surface area contributed by atoms with E-state index in [1.165, 1.54) is 6.20 Å².